The fourth-order valence-corrected chi connectivity index (χ4v) is 3.84. The Balaban J connectivity index is 2.00. The van der Waals surface area contributed by atoms with Crippen LogP contribution >= 0.6 is 23.2 Å². The fourth-order valence-electron chi connectivity index (χ4n) is 3.48. The number of benzene rings is 2. The first-order chi connectivity index (χ1) is 16.9. The molecule has 0 aliphatic rings. The summed E-state index contributed by atoms with van der Waals surface area (Å²) in [6.45, 7) is 0. The van der Waals surface area contributed by atoms with Crippen molar-refractivity contribution in [2.45, 2.75) is 6.18 Å². The molecule has 0 amide bonds. The zero-order valence-electron chi connectivity index (χ0n) is 17.9. The van der Waals surface area contributed by atoms with E-state index in [0.717, 1.165) is 43.6 Å². The summed E-state index contributed by atoms with van der Waals surface area (Å²) in [5.74, 6) is -3.07. The number of esters is 1. The van der Waals surface area contributed by atoms with Crippen molar-refractivity contribution in [2.24, 2.45) is 0 Å². The largest absolute Gasteiger partial charge is 0.465 e. The van der Waals surface area contributed by atoms with Crippen LogP contribution in [0.25, 0.3) is 22.3 Å². The molecular weight excluding hydrogens is 529 g/mol. The van der Waals surface area contributed by atoms with Gasteiger partial charge in [-0.1, -0.05) is 17.7 Å². The fraction of sp³-hybridized carbons (Fsp3) is 0.0870. The molecule has 2 heterocycles. The normalized spacial score (nSPS) is 11.5. The van der Waals surface area contributed by atoms with E-state index in [1.807, 2.05) is 0 Å². The molecule has 184 valence electrons. The number of pyridine rings is 1. The van der Waals surface area contributed by atoms with Crippen molar-refractivity contribution in [1.29, 1.82) is 0 Å². The van der Waals surface area contributed by atoms with Gasteiger partial charge in [-0.3, -0.25) is 14.6 Å². The molecule has 0 spiro atoms. The van der Waals surface area contributed by atoms with Crippen LogP contribution in [0.5, 0.6) is 0 Å². The van der Waals surface area contributed by atoms with E-state index in [2.05, 4.69) is 14.8 Å². The molecule has 0 aliphatic carbocycles. The maximum Gasteiger partial charge on any atom is 0.417 e. The van der Waals surface area contributed by atoms with E-state index in [1.54, 1.807) is 0 Å². The highest BCUT2D eigenvalue weighted by atomic mass is 35.5. The van der Waals surface area contributed by atoms with Crippen molar-refractivity contribution >= 4 is 51.4 Å². The molecule has 0 N–H and O–H groups in total. The molecule has 4 rings (SSSR count). The first-order valence-corrected chi connectivity index (χ1v) is 10.6. The van der Waals surface area contributed by atoms with Gasteiger partial charge in [0.05, 0.1) is 39.9 Å². The summed E-state index contributed by atoms with van der Waals surface area (Å²) in [6, 6.07) is 7.12. The van der Waals surface area contributed by atoms with Crippen molar-refractivity contribution in [1.82, 2.24) is 14.8 Å². The second-order valence-electron chi connectivity index (χ2n) is 7.28. The molecule has 0 atom stereocenters. The molecule has 0 aliphatic heterocycles. The molecule has 2 aromatic carbocycles. The van der Waals surface area contributed by atoms with Gasteiger partial charge in [-0.2, -0.15) is 23.0 Å². The average molecular weight is 540 g/mol. The second-order valence-corrected chi connectivity index (χ2v) is 8.03. The smallest absolute Gasteiger partial charge is 0.417 e. The molecule has 0 fully saturated rings. The number of ether oxygens (including phenoxy) is 1. The lowest BCUT2D eigenvalue weighted by Gasteiger charge is -2.13. The molecule has 0 saturated heterocycles. The van der Waals surface area contributed by atoms with Gasteiger partial charge >= 0.3 is 12.1 Å². The predicted octanol–water partition coefficient (Wildman–Crippen LogP) is 5.76. The van der Waals surface area contributed by atoms with Crippen LogP contribution < -0.4 is 0 Å². The van der Waals surface area contributed by atoms with Gasteiger partial charge in [0.25, 0.3) is 11.1 Å². The number of halogens is 6. The van der Waals surface area contributed by atoms with Crippen LogP contribution in [-0.4, -0.2) is 39.0 Å². The first kappa shape index (κ1) is 25.3. The molecule has 0 saturated carbocycles. The molecule has 7 nitrogen and oxygen atoms in total. The second kappa shape index (κ2) is 9.32. The van der Waals surface area contributed by atoms with Gasteiger partial charge in [0.2, 0.25) is 0 Å². The summed E-state index contributed by atoms with van der Waals surface area (Å²) >= 11 is 11.5. The molecule has 0 radical (unpaired) electrons. The van der Waals surface area contributed by atoms with Gasteiger partial charge < -0.3 is 4.74 Å². The Bertz CT molecular complexity index is 1570. The van der Waals surface area contributed by atoms with Crippen LogP contribution in [0.15, 0.2) is 48.7 Å². The molecular formula is C23H11Cl2F4N3O4. The topological polar surface area (TPSA) is 91.1 Å². The summed E-state index contributed by atoms with van der Waals surface area (Å²) in [6.07, 6.45) is -3.90. The van der Waals surface area contributed by atoms with Crippen LogP contribution in [0.3, 0.4) is 0 Å². The van der Waals surface area contributed by atoms with E-state index in [0.29, 0.717) is 10.7 Å². The highest BCUT2D eigenvalue weighted by Crippen LogP contribution is 2.37. The van der Waals surface area contributed by atoms with Crippen molar-refractivity contribution in [2.75, 3.05) is 7.11 Å². The van der Waals surface area contributed by atoms with Gasteiger partial charge in [-0.05, 0) is 48.0 Å². The summed E-state index contributed by atoms with van der Waals surface area (Å²) in [5, 5.41) is 2.55. The van der Waals surface area contributed by atoms with Crippen LogP contribution in [0.2, 0.25) is 5.02 Å². The van der Waals surface area contributed by atoms with Crippen LogP contribution in [-0.2, 0) is 10.9 Å². The summed E-state index contributed by atoms with van der Waals surface area (Å²) in [5.41, 5.74) is -3.38. The summed E-state index contributed by atoms with van der Waals surface area (Å²) in [7, 11) is 1.11. The zero-order valence-corrected chi connectivity index (χ0v) is 19.4. The van der Waals surface area contributed by atoms with Crippen molar-refractivity contribution in [3.63, 3.8) is 0 Å². The van der Waals surface area contributed by atoms with E-state index in [4.69, 9.17) is 23.2 Å². The minimum Gasteiger partial charge on any atom is -0.465 e. The third-order valence-electron chi connectivity index (χ3n) is 5.12. The summed E-state index contributed by atoms with van der Waals surface area (Å²) < 4.78 is 61.0. The maximum atomic E-state index is 15.0. The van der Waals surface area contributed by atoms with Gasteiger partial charge in [0, 0.05) is 11.8 Å². The van der Waals surface area contributed by atoms with Gasteiger partial charge in [-0.25, -0.2) is 9.18 Å². The number of hydrogen-bond acceptors (Lipinski definition) is 6. The minimum absolute atomic E-state index is 0.118. The van der Waals surface area contributed by atoms with Crippen LogP contribution in [0.1, 0.15) is 36.6 Å². The highest BCUT2D eigenvalue weighted by Gasteiger charge is 2.37. The van der Waals surface area contributed by atoms with Crippen LogP contribution in [0, 0.1) is 5.82 Å². The lowest BCUT2D eigenvalue weighted by atomic mass is 10.1. The van der Waals surface area contributed by atoms with E-state index >= 15 is 0 Å². The maximum absolute atomic E-state index is 15.0. The molecule has 36 heavy (non-hydrogen) atoms. The molecule has 2 aromatic heterocycles. The standard InChI is InChI=1S/C23H11Cl2F4N3O4/c1-36-22(35)10-5-6-12(15(26)7-10)18-19-16(8-11(9-30-19)20(25)33)32(31-18)21(34)17-13(23(27,28)29)3-2-4-14(17)24/h2-9H,1H3. The number of carbonyl (C=O) groups excluding carboxylic acids is 3. The van der Waals surface area contributed by atoms with Crippen molar-refractivity contribution < 1.29 is 36.7 Å². The van der Waals surface area contributed by atoms with E-state index in [9.17, 15) is 31.9 Å². The Labute approximate surface area is 209 Å². The average Bonchev–Trinajstić information content (AvgIpc) is 3.21. The Morgan fingerprint density at radius 2 is 1.78 bits per heavy atom. The summed E-state index contributed by atoms with van der Waals surface area (Å²) in [4.78, 5) is 40.8. The number of carbonyl (C=O) groups is 3. The number of fused-ring (bicyclic) bond motifs is 1. The zero-order chi connectivity index (χ0) is 26.4. The monoisotopic (exact) mass is 539 g/mol. The van der Waals surface area contributed by atoms with E-state index in [1.165, 1.54) is 6.07 Å². The van der Waals surface area contributed by atoms with Gasteiger partial charge in [0.1, 0.15) is 17.0 Å². The number of nitrogens with zero attached hydrogens (tertiary/aromatic N) is 3. The quantitative estimate of drug-likeness (QED) is 0.186. The Morgan fingerprint density at radius 1 is 1.06 bits per heavy atom. The third kappa shape index (κ3) is 4.42. The Hall–Kier alpha value is -3.83. The number of hydrogen-bond donors (Lipinski definition) is 0. The van der Waals surface area contributed by atoms with Gasteiger partial charge in [0.15, 0.2) is 0 Å². The first-order valence-electron chi connectivity index (χ1n) is 9.81. The van der Waals surface area contributed by atoms with Crippen molar-refractivity contribution in [3.05, 3.63) is 81.8 Å². The Kier molecular flexibility index (Phi) is 6.54. The van der Waals surface area contributed by atoms with E-state index < -0.39 is 45.3 Å². The lowest BCUT2D eigenvalue weighted by Crippen LogP contribution is -2.20. The number of methoxy groups -OCH3 is 1. The molecule has 4 aromatic rings. The molecule has 0 bridgehead atoms. The minimum atomic E-state index is -4.94. The number of aromatic nitrogens is 3. The third-order valence-corrected chi connectivity index (χ3v) is 5.65. The number of rotatable bonds is 4. The SMILES string of the molecule is COC(=O)c1ccc(-c2nn(C(=O)c3c(Cl)cccc3C(F)(F)F)c3cc(C(=O)Cl)cnc23)c(F)c1. The molecule has 0 unspecified atom stereocenters. The van der Waals surface area contributed by atoms with Gasteiger partial charge in [-0.15, -0.1) is 0 Å². The Morgan fingerprint density at radius 3 is 2.39 bits per heavy atom. The van der Waals surface area contributed by atoms with Crippen LogP contribution in [0.4, 0.5) is 17.6 Å². The number of alkyl halides is 3. The van der Waals surface area contributed by atoms with E-state index in [-0.39, 0.29) is 33.4 Å². The lowest BCUT2D eigenvalue weighted by molar-refractivity contribution is -0.137. The molecule has 13 heteroatoms. The predicted molar refractivity (Wildman–Crippen MR) is 121 cm³/mol. The van der Waals surface area contributed by atoms with Crippen molar-refractivity contribution in [3.8, 4) is 11.3 Å². The highest BCUT2D eigenvalue weighted by molar-refractivity contribution is 6.67.